The van der Waals surface area contributed by atoms with E-state index in [4.69, 9.17) is 39.2 Å². The molecule has 3 aromatic rings. The van der Waals surface area contributed by atoms with Crippen molar-refractivity contribution in [2.45, 2.75) is 37.2 Å². The molecule has 13 heteroatoms. The standard InChI is InChI=1S/C26H25Cl3N4O5S/c27-19-5-9-22(10-6-19)39(36,37)33(16-18-4-11-23(28)24(29)14-18)17-21-8-7-20(38-21)15-30-31-25(34)26(35)32-12-2-1-3-13-32/h4-11,14-15H,1-3,12-13,16-17H2,(H,31,34)/b30-15+. The van der Waals surface area contributed by atoms with Crippen LogP contribution in [0.15, 0.2) is 69.0 Å². The van der Waals surface area contributed by atoms with Crippen molar-refractivity contribution in [3.63, 3.8) is 0 Å². The molecule has 0 saturated carbocycles. The number of likely N-dealkylation sites (tertiary alicyclic amines) is 1. The number of piperidine rings is 1. The molecule has 0 bridgehead atoms. The number of furan rings is 1. The maximum absolute atomic E-state index is 13.5. The van der Waals surface area contributed by atoms with Gasteiger partial charge in [-0.1, -0.05) is 40.9 Å². The Labute approximate surface area is 241 Å². The molecule has 0 unspecified atom stereocenters. The topological polar surface area (TPSA) is 112 Å². The van der Waals surface area contributed by atoms with Crippen LogP contribution in [0.3, 0.4) is 0 Å². The summed E-state index contributed by atoms with van der Waals surface area (Å²) in [6.07, 6.45) is 4.01. The van der Waals surface area contributed by atoms with Crippen LogP contribution < -0.4 is 5.43 Å². The van der Waals surface area contributed by atoms with Crippen molar-refractivity contribution in [3.05, 3.63) is 86.7 Å². The van der Waals surface area contributed by atoms with Gasteiger partial charge in [0.1, 0.15) is 11.5 Å². The molecule has 2 aromatic carbocycles. The van der Waals surface area contributed by atoms with Crippen molar-refractivity contribution >= 4 is 62.9 Å². The molecule has 2 amide bonds. The minimum atomic E-state index is -3.97. The molecule has 39 heavy (non-hydrogen) atoms. The zero-order chi connectivity index (χ0) is 28.0. The van der Waals surface area contributed by atoms with Crippen molar-refractivity contribution in [2.75, 3.05) is 13.1 Å². The van der Waals surface area contributed by atoms with E-state index in [2.05, 4.69) is 10.5 Å². The predicted molar refractivity (Wildman–Crippen MR) is 149 cm³/mol. The molecular formula is C26H25Cl3N4O5S. The molecule has 1 saturated heterocycles. The predicted octanol–water partition coefficient (Wildman–Crippen LogP) is 5.09. The number of sulfonamides is 1. The Morgan fingerprint density at radius 1 is 0.949 bits per heavy atom. The molecule has 2 heterocycles. The van der Waals surface area contributed by atoms with Crippen molar-refractivity contribution < 1.29 is 22.4 Å². The lowest BCUT2D eigenvalue weighted by molar-refractivity contribution is -0.146. The number of hydrogen-bond donors (Lipinski definition) is 1. The summed E-state index contributed by atoms with van der Waals surface area (Å²) in [6, 6.07) is 13.9. The first-order valence-electron chi connectivity index (χ1n) is 12.0. The van der Waals surface area contributed by atoms with Crippen LogP contribution in [0.25, 0.3) is 0 Å². The number of hydrogen-bond acceptors (Lipinski definition) is 6. The lowest BCUT2D eigenvalue weighted by Gasteiger charge is -2.25. The van der Waals surface area contributed by atoms with Crippen LogP contribution in [0.4, 0.5) is 0 Å². The van der Waals surface area contributed by atoms with E-state index in [0.717, 1.165) is 19.3 Å². The molecule has 1 aromatic heterocycles. The molecule has 0 radical (unpaired) electrons. The zero-order valence-electron chi connectivity index (χ0n) is 20.6. The van der Waals surface area contributed by atoms with Crippen LogP contribution in [-0.2, 0) is 32.7 Å². The second kappa shape index (κ2) is 13.0. The summed E-state index contributed by atoms with van der Waals surface area (Å²) in [5, 5.41) is 4.87. The number of carbonyl (C=O) groups is 2. The maximum atomic E-state index is 13.5. The maximum Gasteiger partial charge on any atom is 0.329 e. The smallest absolute Gasteiger partial charge is 0.329 e. The van der Waals surface area contributed by atoms with E-state index in [0.29, 0.717) is 39.5 Å². The minimum absolute atomic E-state index is 0.0133. The molecule has 4 rings (SSSR count). The number of nitrogens with one attached hydrogen (secondary N) is 1. The summed E-state index contributed by atoms with van der Waals surface area (Å²) in [4.78, 5) is 25.9. The zero-order valence-corrected chi connectivity index (χ0v) is 23.7. The Morgan fingerprint density at radius 3 is 2.36 bits per heavy atom. The Bertz CT molecular complexity index is 1470. The van der Waals surface area contributed by atoms with Crippen LogP contribution in [0.1, 0.15) is 36.3 Å². The molecule has 1 aliphatic rings. The normalized spacial score (nSPS) is 14.2. The second-order valence-corrected chi connectivity index (χ2v) is 12.0. The van der Waals surface area contributed by atoms with Crippen LogP contribution >= 0.6 is 34.8 Å². The number of rotatable bonds is 8. The van der Waals surface area contributed by atoms with Gasteiger partial charge in [-0.2, -0.15) is 9.41 Å². The summed E-state index contributed by atoms with van der Waals surface area (Å²) >= 11 is 18.1. The molecule has 0 aliphatic carbocycles. The molecule has 0 spiro atoms. The van der Waals surface area contributed by atoms with Gasteiger partial charge in [0, 0.05) is 24.7 Å². The van der Waals surface area contributed by atoms with Crippen molar-refractivity contribution in [3.8, 4) is 0 Å². The summed E-state index contributed by atoms with van der Waals surface area (Å²) in [6.45, 7) is 0.976. The van der Waals surface area contributed by atoms with E-state index < -0.39 is 21.8 Å². The van der Waals surface area contributed by atoms with Gasteiger partial charge in [0.15, 0.2) is 0 Å². The lowest BCUT2D eigenvalue weighted by atomic mass is 10.1. The van der Waals surface area contributed by atoms with E-state index >= 15 is 0 Å². The molecular weight excluding hydrogens is 587 g/mol. The molecule has 206 valence electrons. The quantitative estimate of drug-likeness (QED) is 0.217. The highest BCUT2D eigenvalue weighted by atomic mass is 35.5. The summed E-state index contributed by atoms with van der Waals surface area (Å²) < 4.78 is 34.0. The Morgan fingerprint density at radius 2 is 1.67 bits per heavy atom. The fourth-order valence-electron chi connectivity index (χ4n) is 3.99. The monoisotopic (exact) mass is 610 g/mol. The number of halogens is 3. The van der Waals surface area contributed by atoms with Crippen LogP contribution in [0.2, 0.25) is 15.1 Å². The van der Waals surface area contributed by atoms with Gasteiger partial charge in [0.25, 0.3) is 0 Å². The third kappa shape index (κ3) is 7.61. The van der Waals surface area contributed by atoms with E-state index in [9.17, 15) is 18.0 Å². The summed E-state index contributed by atoms with van der Waals surface area (Å²) in [5.74, 6) is -0.877. The van der Waals surface area contributed by atoms with Crippen molar-refractivity contribution in [2.24, 2.45) is 5.10 Å². The van der Waals surface area contributed by atoms with Gasteiger partial charge < -0.3 is 9.32 Å². The third-order valence-electron chi connectivity index (χ3n) is 6.00. The van der Waals surface area contributed by atoms with Gasteiger partial charge in [-0.25, -0.2) is 13.8 Å². The molecule has 9 nitrogen and oxygen atoms in total. The lowest BCUT2D eigenvalue weighted by Crippen LogP contribution is -2.43. The van der Waals surface area contributed by atoms with Crippen molar-refractivity contribution in [1.82, 2.24) is 14.6 Å². The third-order valence-corrected chi connectivity index (χ3v) is 8.80. The fourth-order valence-corrected chi connectivity index (χ4v) is 5.83. The molecule has 1 fully saturated rings. The summed E-state index contributed by atoms with van der Waals surface area (Å²) in [5.41, 5.74) is 2.83. The van der Waals surface area contributed by atoms with Gasteiger partial charge in [0.2, 0.25) is 10.0 Å². The number of nitrogens with zero attached hydrogens (tertiary/aromatic N) is 3. The molecule has 1 aliphatic heterocycles. The van der Waals surface area contributed by atoms with Crippen molar-refractivity contribution in [1.29, 1.82) is 0 Å². The van der Waals surface area contributed by atoms with Gasteiger partial charge in [-0.05, 0) is 73.4 Å². The highest BCUT2D eigenvalue weighted by molar-refractivity contribution is 7.89. The second-order valence-electron chi connectivity index (χ2n) is 8.83. The highest BCUT2D eigenvalue weighted by Gasteiger charge is 2.27. The summed E-state index contributed by atoms with van der Waals surface area (Å²) in [7, 11) is -3.97. The first-order chi connectivity index (χ1) is 18.6. The van der Waals surface area contributed by atoms with Gasteiger partial charge >= 0.3 is 11.8 Å². The van der Waals surface area contributed by atoms with E-state index in [1.165, 1.54) is 39.7 Å². The Kier molecular flexibility index (Phi) is 9.68. The largest absolute Gasteiger partial charge is 0.459 e. The average molecular weight is 612 g/mol. The Balaban J connectivity index is 1.48. The van der Waals surface area contributed by atoms with Gasteiger partial charge in [-0.3, -0.25) is 9.59 Å². The molecule has 0 atom stereocenters. The average Bonchev–Trinajstić information content (AvgIpc) is 3.37. The molecule has 1 N–H and O–H groups in total. The first kappa shape index (κ1) is 29.1. The Hall–Kier alpha value is -2.89. The minimum Gasteiger partial charge on any atom is -0.459 e. The number of carbonyl (C=O) groups excluding carboxylic acids is 2. The first-order valence-corrected chi connectivity index (χ1v) is 14.6. The van der Waals surface area contributed by atoms with Crippen LogP contribution in [0.5, 0.6) is 0 Å². The van der Waals surface area contributed by atoms with Crippen LogP contribution in [-0.4, -0.2) is 48.7 Å². The fraction of sp³-hybridized carbons (Fsp3) is 0.269. The van der Waals surface area contributed by atoms with E-state index in [1.54, 1.807) is 30.3 Å². The van der Waals surface area contributed by atoms with E-state index in [-0.39, 0.29) is 23.7 Å². The van der Waals surface area contributed by atoms with E-state index in [1.807, 2.05) is 0 Å². The van der Waals surface area contributed by atoms with Gasteiger partial charge in [-0.15, -0.1) is 0 Å². The number of benzene rings is 2. The SMILES string of the molecule is O=C(N/N=C/c1ccc(CN(Cc2ccc(Cl)c(Cl)c2)S(=O)(=O)c2ccc(Cl)cc2)o1)C(=O)N1CCCCC1. The van der Waals surface area contributed by atoms with Crippen LogP contribution in [0, 0.1) is 0 Å². The highest BCUT2D eigenvalue weighted by Crippen LogP contribution is 2.27. The van der Waals surface area contributed by atoms with Gasteiger partial charge in [0.05, 0.1) is 27.7 Å². The number of amides is 2. The number of hydrazone groups is 1.